The van der Waals surface area contributed by atoms with Crippen molar-refractivity contribution >= 4 is 27.6 Å². The fraction of sp³-hybridized carbons (Fsp3) is 0.214. The van der Waals surface area contributed by atoms with Gasteiger partial charge < -0.3 is 19.2 Å². The maximum absolute atomic E-state index is 11.3. The number of carbonyl (C=O) groups excluding carboxylic acids is 1. The summed E-state index contributed by atoms with van der Waals surface area (Å²) in [5.74, 6) is 1.06. The van der Waals surface area contributed by atoms with Gasteiger partial charge in [0.05, 0.1) is 26.5 Å². The van der Waals surface area contributed by atoms with Crippen molar-refractivity contribution in [3.63, 3.8) is 0 Å². The zero-order valence-corrected chi connectivity index (χ0v) is 12.7. The Morgan fingerprint density at radius 1 is 1.30 bits per heavy atom. The first-order chi connectivity index (χ1) is 9.63. The predicted octanol–water partition coefficient (Wildman–Crippen LogP) is 3.45. The van der Waals surface area contributed by atoms with E-state index in [1.165, 1.54) is 7.11 Å². The molecule has 5 nitrogen and oxygen atoms in total. The number of benzene rings is 1. The van der Waals surface area contributed by atoms with Gasteiger partial charge in [0.2, 0.25) is 5.76 Å². The van der Waals surface area contributed by atoms with E-state index >= 15 is 0 Å². The summed E-state index contributed by atoms with van der Waals surface area (Å²) >= 11 is 3.40. The first-order valence-electron chi connectivity index (χ1n) is 5.88. The number of furan rings is 1. The molecule has 1 heterocycles. The first kappa shape index (κ1) is 14.5. The van der Waals surface area contributed by atoms with Gasteiger partial charge in [0.25, 0.3) is 0 Å². The number of hydrogen-bond acceptors (Lipinski definition) is 5. The highest BCUT2D eigenvalue weighted by atomic mass is 79.9. The third-order valence-corrected chi connectivity index (χ3v) is 3.16. The zero-order chi connectivity index (χ0) is 14.5. The van der Waals surface area contributed by atoms with Crippen molar-refractivity contribution in [2.24, 2.45) is 0 Å². The quantitative estimate of drug-likeness (QED) is 0.845. The second-order valence-electron chi connectivity index (χ2n) is 3.96. The van der Waals surface area contributed by atoms with Crippen molar-refractivity contribution in [2.45, 2.75) is 6.54 Å². The summed E-state index contributed by atoms with van der Waals surface area (Å²) in [6.07, 6.45) is 0. The summed E-state index contributed by atoms with van der Waals surface area (Å²) in [4.78, 5) is 11.3. The molecule has 1 N–H and O–H groups in total. The van der Waals surface area contributed by atoms with Crippen LogP contribution in [0.4, 0.5) is 5.69 Å². The number of rotatable bonds is 5. The minimum atomic E-state index is -0.490. The van der Waals surface area contributed by atoms with E-state index in [9.17, 15) is 4.79 Å². The molecule has 0 spiro atoms. The molecule has 0 fully saturated rings. The summed E-state index contributed by atoms with van der Waals surface area (Å²) in [5.41, 5.74) is 0.831. The molecule has 0 unspecified atom stereocenters. The monoisotopic (exact) mass is 339 g/mol. The van der Waals surface area contributed by atoms with E-state index in [-0.39, 0.29) is 5.76 Å². The fourth-order valence-electron chi connectivity index (χ4n) is 1.68. The van der Waals surface area contributed by atoms with Crippen molar-refractivity contribution < 1.29 is 18.7 Å². The molecule has 2 rings (SSSR count). The first-order valence-corrected chi connectivity index (χ1v) is 6.67. The van der Waals surface area contributed by atoms with Gasteiger partial charge in [-0.3, -0.25) is 0 Å². The molecule has 0 saturated carbocycles. The van der Waals surface area contributed by atoms with Gasteiger partial charge in [0, 0.05) is 4.47 Å². The van der Waals surface area contributed by atoms with Crippen LogP contribution >= 0.6 is 15.9 Å². The largest absolute Gasteiger partial charge is 0.495 e. The van der Waals surface area contributed by atoms with Crippen LogP contribution in [0.25, 0.3) is 0 Å². The summed E-state index contributed by atoms with van der Waals surface area (Å²) in [7, 11) is 2.92. The number of halogens is 1. The smallest absolute Gasteiger partial charge is 0.373 e. The maximum atomic E-state index is 11.3. The molecule has 20 heavy (non-hydrogen) atoms. The van der Waals surface area contributed by atoms with Gasteiger partial charge >= 0.3 is 5.97 Å². The molecule has 6 heteroatoms. The number of nitrogens with one attached hydrogen (secondary N) is 1. The molecule has 1 aromatic carbocycles. The third kappa shape index (κ3) is 3.33. The normalized spacial score (nSPS) is 10.2. The fourth-order valence-corrected chi connectivity index (χ4v) is 2.04. The van der Waals surface area contributed by atoms with Crippen molar-refractivity contribution in [1.82, 2.24) is 0 Å². The number of anilines is 1. The Morgan fingerprint density at radius 2 is 2.10 bits per heavy atom. The molecule has 0 atom stereocenters. The molecule has 0 saturated heterocycles. The lowest BCUT2D eigenvalue weighted by Gasteiger charge is -2.10. The summed E-state index contributed by atoms with van der Waals surface area (Å²) in [5, 5.41) is 3.19. The lowest BCUT2D eigenvalue weighted by atomic mass is 10.3. The van der Waals surface area contributed by atoms with Crippen LogP contribution < -0.4 is 10.1 Å². The molecule has 0 radical (unpaired) electrons. The topological polar surface area (TPSA) is 60.7 Å². The van der Waals surface area contributed by atoms with Crippen molar-refractivity contribution in [1.29, 1.82) is 0 Å². The van der Waals surface area contributed by atoms with Crippen LogP contribution in [0.15, 0.2) is 39.2 Å². The van der Waals surface area contributed by atoms with Crippen molar-refractivity contribution in [3.05, 3.63) is 46.3 Å². The van der Waals surface area contributed by atoms with Gasteiger partial charge in [0.1, 0.15) is 11.5 Å². The van der Waals surface area contributed by atoms with Crippen molar-refractivity contribution in [2.75, 3.05) is 19.5 Å². The Labute approximate surface area is 125 Å². The van der Waals surface area contributed by atoms with Crippen LogP contribution in [0.1, 0.15) is 16.3 Å². The standard InChI is InChI=1S/C14H14BrNO4/c1-18-12-5-3-9(15)7-11(12)16-8-10-4-6-13(20-10)14(17)19-2/h3-7,16H,8H2,1-2H3. The predicted molar refractivity (Wildman–Crippen MR) is 78.1 cm³/mol. The molecular weight excluding hydrogens is 326 g/mol. The van der Waals surface area contributed by atoms with Gasteiger partial charge in [-0.1, -0.05) is 15.9 Å². The minimum Gasteiger partial charge on any atom is -0.495 e. The number of esters is 1. The molecule has 0 aliphatic heterocycles. The van der Waals surface area contributed by atoms with E-state index in [4.69, 9.17) is 9.15 Å². The summed E-state index contributed by atoms with van der Waals surface area (Å²) < 4.78 is 16.2. The number of hydrogen-bond donors (Lipinski definition) is 1. The van der Waals surface area contributed by atoms with Crippen LogP contribution in [0.3, 0.4) is 0 Å². The zero-order valence-electron chi connectivity index (χ0n) is 11.1. The summed E-state index contributed by atoms with van der Waals surface area (Å²) in [6, 6.07) is 8.97. The SMILES string of the molecule is COC(=O)c1ccc(CNc2cc(Br)ccc2OC)o1. The molecule has 0 aliphatic carbocycles. The van der Waals surface area contributed by atoms with Crippen LogP contribution in [0.2, 0.25) is 0 Å². The minimum absolute atomic E-state index is 0.186. The van der Waals surface area contributed by atoms with E-state index < -0.39 is 5.97 Å². The Balaban J connectivity index is 2.07. The third-order valence-electron chi connectivity index (χ3n) is 2.66. The van der Waals surface area contributed by atoms with Gasteiger partial charge in [-0.25, -0.2) is 4.79 Å². The molecular formula is C14H14BrNO4. The lowest BCUT2D eigenvalue weighted by molar-refractivity contribution is 0.0563. The van der Waals surface area contributed by atoms with E-state index in [0.29, 0.717) is 12.3 Å². The molecule has 1 aromatic heterocycles. The van der Waals surface area contributed by atoms with Gasteiger partial charge in [0.15, 0.2) is 0 Å². The highest BCUT2D eigenvalue weighted by Crippen LogP contribution is 2.28. The van der Waals surface area contributed by atoms with Crippen LogP contribution in [-0.4, -0.2) is 20.2 Å². The number of methoxy groups -OCH3 is 2. The maximum Gasteiger partial charge on any atom is 0.373 e. The van der Waals surface area contributed by atoms with Crippen LogP contribution in [0, 0.1) is 0 Å². The molecule has 0 aliphatic rings. The lowest BCUT2D eigenvalue weighted by Crippen LogP contribution is -2.01. The second kappa shape index (κ2) is 6.47. The Bertz CT molecular complexity index is 609. The molecule has 2 aromatic rings. The van der Waals surface area contributed by atoms with Gasteiger partial charge in [-0.15, -0.1) is 0 Å². The average Bonchev–Trinajstić information content (AvgIpc) is 2.93. The van der Waals surface area contributed by atoms with Gasteiger partial charge in [-0.2, -0.15) is 0 Å². The summed E-state index contributed by atoms with van der Waals surface area (Å²) in [6.45, 7) is 0.434. The number of carbonyl (C=O) groups is 1. The highest BCUT2D eigenvalue weighted by Gasteiger charge is 2.11. The van der Waals surface area contributed by atoms with E-state index in [1.807, 2.05) is 18.2 Å². The van der Waals surface area contributed by atoms with Gasteiger partial charge in [-0.05, 0) is 30.3 Å². The van der Waals surface area contributed by atoms with Crippen molar-refractivity contribution in [3.8, 4) is 5.75 Å². The van der Waals surface area contributed by atoms with Crippen LogP contribution in [-0.2, 0) is 11.3 Å². The van der Waals surface area contributed by atoms with Crippen LogP contribution in [0.5, 0.6) is 5.75 Å². The molecule has 0 bridgehead atoms. The second-order valence-corrected chi connectivity index (χ2v) is 4.87. The Morgan fingerprint density at radius 3 is 2.80 bits per heavy atom. The molecule has 106 valence electrons. The highest BCUT2D eigenvalue weighted by molar-refractivity contribution is 9.10. The number of ether oxygens (including phenoxy) is 2. The average molecular weight is 340 g/mol. The molecule has 0 amide bonds. The Kier molecular flexibility index (Phi) is 4.68. The van der Waals surface area contributed by atoms with E-state index in [2.05, 4.69) is 26.0 Å². The Hall–Kier alpha value is -1.95. The van der Waals surface area contributed by atoms with E-state index in [1.54, 1.807) is 19.2 Å². The van der Waals surface area contributed by atoms with E-state index in [0.717, 1.165) is 15.9 Å².